The zero-order chi connectivity index (χ0) is 10.8. The second kappa shape index (κ2) is 4.33. The van der Waals surface area contributed by atoms with Crippen molar-refractivity contribution in [2.24, 2.45) is 5.84 Å². The fraction of sp³-hybridized carbons (Fsp3) is 0.538. The van der Waals surface area contributed by atoms with Crippen LogP contribution in [0.4, 0.5) is 0 Å². The second-order valence-corrected chi connectivity index (χ2v) is 4.78. The van der Waals surface area contributed by atoms with Gasteiger partial charge in [-0.25, -0.2) is 0 Å². The second-order valence-electron chi connectivity index (χ2n) is 4.78. The SMILES string of the molecule is CC(C)c1ccc(C2CCC2NN)cc1. The van der Waals surface area contributed by atoms with Gasteiger partial charge in [-0.15, -0.1) is 0 Å². The Morgan fingerprint density at radius 3 is 2.27 bits per heavy atom. The summed E-state index contributed by atoms with van der Waals surface area (Å²) in [5.74, 6) is 6.73. The first-order chi connectivity index (χ1) is 7.22. The Morgan fingerprint density at radius 2 is 1.87 bits per heavy atom. The van der Waals surface area contributed by atoms with Crippen LogP contribution in [0.2, 0.25) is 0 Å². The summed E-state index contributed by atoms with van der Waals surface area (Å²) < 4.78 is 0. The average Bonchev–Trinajstić information content (AvgIpc) is 2.17. The smallest absolute Gasteiger partial charge is 0.0279 e. The standard InChI is InChI=1S/C13H20N2/c1-9(2)10-3-5-11(6-4-10)12-7-8-13(12)15-14/h3-6,9,12-13,15H,7-8,14H2,1-2H3. The Hall–Kier alpha value is -0.860. The maximum absolute atomic E-state index is 5.49. The number of hydrogen-bond donors (Lipinski definition) is 2. The molecule has 0 saturated heterocycles. The van der Waals surface area contributed by atoms with E-state index < -0.39 is 0 Å². The Balaban J connectivity index is 2.10. The van der Waals surface area contributed by atoms with E-state index in [1.165, 1.54) is 24.0 Å². The fourth-order valence-electron chi connectivity index (χ4n) is 2.23. The van der Waals surface area contributed by atoms with Crippen LogP contribution in [-0.2, 0) is 0 Å². The molecule has 0 spiro atoms. The Kier molecular flexibility index (Phi) is 3.08. The van der Waals surface area contributed by atoms with E-state index >= 15 is 0 Å². The van der Waals surface area contributed by atoms with E-state index in [4.69, 9.17) is 5.84 Å². The van der Waals surface area contributed by atoms with Crippen LogP contribution in [0, 0.1) is 0 Å². The third-order valence-corrected chi connectivity index (χ3v) is 3.52. The largest absolute Gasteiger partial charge is 0.271 e. The van der Waals surface area contributed by atoms with E-state index in [9.17, 15) is 0 Å². The number of hydrogen-bond acceptors (Lipinski definition) is 2. The van der Waals surface area contributed by atoms with Crippen LogP contribution in [0.25, 0.3) is 0 Å². The lowest BCUT2D eigenvalue weighted by Gasteiger charge is -2.36. The van der Waals surface area contributed by atoms with Gasteiger partial charge in [-0.05, 0) is 29.9 Å². The molecule has 1 aromatic carbocycles. The van der Waals surface area contributed by atoms with Crippen LogP contribution in [0.3, 0.4) is 0 Å². The van der Waals surface area contributed by atoms with Crippen molar-refractivity contribution in [3.63, 3.8) is 0 Å². The molecule has 82 valence electrons. The molecular weight excluding hydrogens is 184 g/mol. The number of nitrogens with two attached hydrogens (primary N) is 1. The van der Waals surface area contributed by atoms with Gasteiger partial charge in [0.25, 0.3) is 0 Å². The van der Waals surface area contributed by atoms with E-state index in [0.29, 0.717) is 17.9 Å². The van der Waals surface area contributed by atoms with E-state index in [1.54, 1.807) is 0 Å². The van der Waals surface area contributed by atoms with Crippen molar-refractivity contribution in [2.75, 3.05) is 0 Å². The van der Waals surface area contributed by atoms with Gasteiger partial charge >= 0.3 is 0 Å². The van der Waals surface area contributed by atoms with Crippen molar-refractivity contribution in [1.82, 2.24) is 5.43 Å². The highest BCUT2D eigenvalue weighted by atomic mass is 15.2. The minimum absolute atomic E-state index is 0.481. The van der Waals surface area contributed by atoms with Crippen molar-refractivity contribution < 1.29 is 0 Å². The predicted molar refractivity (Wildman–Crippen MR) is 63.6 cm³/mol. The van der Waals surface area contributed by atoms with Crippen LogP contribution in [0.1, 0.15) is 49.7 Å². The molecule has 2 nitrogen and oxygen atoms in total. The third kappa shape index (κ3) is 2.06. The molecule has 1 aliphatic carbocycles. The molecule has 2 rings (SSSR count). The summed E-state index contributed by atoms with van der Waals surface area (Å²) >= 11 is 0. The van der Waals surface area contributed by atoms with Gasteiger partial charge in [-0.3, -0.25) is 11.3 Å². The highest BCUT2D eigenvalue weighted by Crippen LogP contribution is 2.36. The van der Waals surface area contributed by atoms with E-state index in [2.05, 4.69) is 43.5 Å². The van der Waals surface area contributed by atoms with Gasteiger partial charge in [-0.2, -0.15) is 0 Å². The van der Waals surface area contributed by atoms with Crippen LogP contribution >= 0.6 is 0 Å². The topological polar surface area (TPSA) is 38.0 Å². The molecule has 2 heteroatoms. The van der Waals surface area contributed by atoms with Crippen LogP contribution in [0.5, 0.6) is 0 Å². The minimum atomic E-state index is 0.481. The average molecular weight is 204 g/mol. The Morgan fingerprint density at radius 1 is 1.20 bits per heavy atom. The molecule has 15 heavy (non-hydrogen) atoms. The number of hydrazine groups is 1. The number of benzene rings is 1. The van der Waals surface area contributed by atoms with Crippen molar-refractivity contribution in [3.05, 3.63) is 35.4 Å². The van der Waals surface area contributed by atoms with Gasteiger partial charge in [0, 0.05) is 12.0 Å². The Bertz CT molecular complexity index is 314. The van der Waals surface area contributed by atoms with Crippen molar-refractivity contribution in [1.29, 1.82) is 0 Å². The lowest BCUT2D eigenvalue weighted by atomic mass is 9.75. The molecule has 1 saturated carbocycles. The lowest BCUT2D eigenvalue weighted by Crippen LogP contribution is -2.45. The van der Waals surface area contributed by atoms with Gasteiger partial charge in [0.05, 0.1) is 0 Å². The molecule has 0 amide bonds. The van der Waals surface area contributed by atoms with E-state index in [0.717, 1.165) is 0 Å². The zero-order valence-electron chi connectivity index (χ0n) is 9.53. The van der Waals surface area contributed by atoms with Crippen molar-refractivity contribution in [3.8, 4) is 0 Å². The molecule has 0 radical (unpaired) electrons. The molecule has 1 aliphatic rings. The maximum Gasteiger partial charge on any atom is 0.0279 e. The molecule has 2 unspecified atom stereocenters. The molecule has 0 aromatic heterocycles. The summed E-state index contributed by atoms with van der Waals surface area (Å²) in [6, 6.07) is 9.47. The first-order valence-corrected chi connectivity index (χ1v) is 5.78. The van der Waals surface area contributed by atoms with Crippen LogP contribution in [-0.4, -0.2) is 6.04 Å². The third-order valence-electron chi connectivity index (χ3n) is 3.52. The number of rotatable bonds is 3. The normalized spacial score (nSPS) is 25.3. The van der Waals surface area contributed by atoms with Gasteiger partial charge in [0.2, 0.25) is 0 Å². The molecule has 2 atom stereocenters. The van der Waals surface area contributed by atoms with Crippen LogP contribution < -0.4 is 11.3 Å². The summed E-state index contributed by atoms with van der Waals surface area (Å²) in [6.07, 6.45) is 2.46. The van der Waals surface area contributed by atoms with Gasteiger partial charge in [0.1, 0.15) is 0 Å². The number of nitrogens with one attached hydrogen (secondary N) is 1. The van der Waals surface area contributed by atoms with Gasteiger partial charge < -0.3 is 0 Å². The molecule has 0 bridgehead atoms. The van der Waals surface area contributed by atoms with Crippen molar-refractivity contribution >= 4 is 0 Å². The molecule has 1 fully saturated rings. The highest BCUT2D eigenvalue weighted by molar-refractivity contribution is 5.29. The molecule has 1 aromatic rings. The van der Waals surface area contributed by atoms with Crippen LogP contribution in [0.15, 0.2) is 24.3 Å². The summed E-state index contributed by atoms with van der Waals surface area (Å²) in [4.78, 5) is 0. The fourth-order valence-corrected chi connectivity index (χ4v) is 2.23. The molecule has 3 N–H and O–H groups in total. The van der Waals surface area contributed by atoms with Crippen molar-refractivity contribution in [2.45, 2.75) is 44.6 Å². The quantitative estimate of drug-likeness (QED) is 0.586. The first-order valence-electron chi connectivity index (χ1n) is 5.78. The summed E-state index contributed by atoms with van der Waals surface area (Å²) in [7, 11) is 0. The van der Waals surface area contributed by atoms with E-state index in [-0.39, 0.29) is 0 Å². The monoisotopic (exact) mass is 204 g/mol. The molecular formula is C13H20N2. The highest BCUT2D eigenvalue weighted by Gasteiger charge is 2.30. The molecule has 0 aliphatic heterocycles. The predicted octanol–water partition coefficient (Wildman–Crippen LogP) is 2.52. The van der Waals surface area contributed by atoms with Gasteiger partial charge in [0.15, 0.2) is 0 Å². The lowest BCUT2D eigenvalue weighted by molar-refractivity contribution is 0.287. The minimum Gasteiger partial charge on any atom is -0.271 e. The summed E-state index contributed by atoms with van der Waals surface area (Å²) in [5, 5.41) is 0. The summed E-state index contributed by atoms with van der Waals surface area (Å²) in [5.41, 5.74) is 5.72. The Labute approximate surface area is 91.8 Å². The van der Waals surface area contributed by atoms with Gasteiger partial charge in [-0.1, -0.05) is 38.1 Å². The van der Waals surface area contributed by atoms with E-state index in [1.807, 2.05) is 0 Å². The first kappa shape index (κ1) is 10.7. The summed E-state index contributed by atoms with van der Waals surface area (Å²) in [6.45, 7) is 4.45. The molecule has 0 heterocycles. The maximum atomic E-state index is 5.49. The zero-order valence-corrected chi connectivity index (χ0v) is 9.53.